The molecule has 0 spiro atoms. The van der Waals surface area contributed by atoms with Crippen LogP contribution in [-0.2, 0) is 17.0 Å². The van der Waals surface area contributed by atoms with Crippen molar-refractivity contribution in [2.45, 2.75) is 31.3 Å². The lowest BCUT2D eigenvalue weighted by atomic mass is 10.1. The standard InChI is InChI=1S/C23H23N3O4S/c1-4-26-21(16-11-7-8-12-18(16)28-3)24-25-23(26)31-14-17-15-10-6-9-13-19(15)30-20(17)22(27)29-5-2/h6-13H,4-5,14H2,1-3H3. The highest BCUT2D eigenvalue weighted by Gasteiger charge is 2.23. The summed E-state index contributed by atoms with van der Waals surface area (Å²) >= 11 is 1.50. The van der Waals surface area contributed by atoms with Crippen molar-refractivity contribution in [2.24, 2.45) is 0 Å². The van der Waals surface area contributed by atoms with Crippen LogP contribution in [0.3, 0.4) is 0 Å². The maximum Gasteiger partial charge on any atom is 0.374 e. The minimum atomic E-state index is -0.457. The third-order valence-corrected chi connectivity index (χ3v) is 5.88. The van der Waals surface area contributed by atoms with Crippen LogP contribution in [0.25, 0.3) is 22.4 Å². The Hall–Kier alpha value is -3.26. The molecular weight excluding hydrogens is 414 g/mol. The van der Waals surface area contributed by atoms with Gasteiger partial charge in [-0.2, -0.15) is 0 Å². The first-order valence-corrected chi connectivity index (χ1v) is 11.0. The molecule has 7 nitrogen and oxygen atoms in total. The van der Waals surface area contributed by atoms with Crippen LogP contribution in [0, 0.1) is 0 Å². The van der Waals surface area contributed by atoms with E-state index in [4.69, 9.17) is 13.9 Å². The average Bonchev–Trinajstić information content (AvgIpc) is 3.38. The summed E-state index contributed by atoms with van der Waals surface area (Å²) in [6, 6.07) is 15.3. The number of methoxy groups -OCH3 is 1. The summed E-state index contributed by atoms with van der Waals surface area (Å²) in [6.45, 7) is 4.80. The highest BCUT2D eigenvalue weighted by Crippen LogP contribution is 2.34. The lowest BCUT2D eigenvalue weighted by molar-refractivity contribution is 0.0491. The molecule has 2 aromatic heterocycles. The highest BCUT2D eigenvalue weighted by atomic mass is 32.2. The lowest BCUT2D eigenvalue weighted by Crippen LogP contribution is -2.06. The molecule has 2 heterocycles. The van der Waals surface area contributed by atoms with E-state index in [1.165, 1.54) is 11.8 Å². The third-order valence-electron chi connectivity index (χ3n) is 4.89. The molecule has 0 aliphatic carbocycles. The Bertz CT molecular complexity index is 1210. The van der Waals surface area contributed by atoms with E-state index in [1.807, 2.05) is 60.0 Å². The fourth-order valence-corrected chi connectivity index (χ4v) is 4.48. The number of carbonyl (C=O) groups is 1. The van der Waals surface area contributed by atoms with Gasteiger partial charge >= 0.3 is 5.97 Å². The summed E-state index contributed by atoms with van der Waals surface area (Å²) in [5, 5.41) is 10.5. The fraction of sp³-hybridized carbons (Fsp3) is 0.261. The monoisotopic (exact) mass is 437 g/mol. The molecule has 0 bridgehead atoms. The Balaban J connectivity index is 1.68. The summed E-state index contributed by atoms with van der Waals surface area (Å²) in [4.78, 5) is 12.5. The number of hydrogen-bond donors (Lipinski definition) is 0. The molecule has 0 aliphatic rings. The summed E-state index contributed by atoms with van der Waals surface area (Å²) in [5.41, 5.74) is 2.34. The number of fused-ring (bicyclic) bond motifs is 1. The van der Waals surface area contributed by atoms with E-state index in [1.54, 1.807) is 14.0 Å². The summed E-state index contributed by atoms with van der Waals surface area (Å²) in [6.07, 6.45) is 0. The van der Waals surface area contributed by atoms with Gasteiger partial charge < -0.3 is 18.5 Å². The van der Waals surface area contributed by atoms with Crippen LogP contribution >= 0.6 is 11.8 Å². The number of aromatic nitrogens is 3. The van der Waals surface area contributed by atoms with Crippen molar-refractivity contribution >= 4 is 28.7 Å². The predicted molar refractivity (Wildman–Crippen MR) is 119 cm³/mol. The molecule has 8 heteroatoms. The van der Waals surface area contributed by atoms with Crippen LogP contribution in [0.1, 0.15) is 30.0 Å². The number of rotatable bonds is 8. The number of esters is 1. The average molecular weight is 438 g/mol. The predicted octanol–water partition coefficient (Wildman–Crippen LogP) is 5.19. The minimum absolute atomic E-state index is 0.239. The van der Waals surface area contributed by atoms with E-state index in [0.717, 1.165) is 33.2 Å². The van der Waals surface area contributed by atoms with Crippen molar-refractivity contribution in [1.29, 1.82) is 0 Å². The molecule has 0 atom stereocenters. The van der Waals surface area contributed by atoms with Gasteiger partial charge in [0.2, 0.25) is 5.76 Å². The molecular formula is C23H23N3O4S. The van der Waals surface area contributed by atoms with Crippen LogP contribution in [0.5, 0.6) is 5.75 Å². The Labute approximate surface area is 184 Å². The molecule has 0 amide bonds. The number of thioether (sulfide) groups is 1. The Morgan fingerprint density at radius 3 is 2.65 bits per heavy atom. The zero-order valence-corrected chi connectivity index (χ0v) is 18.4. The van der Waals surface area contributed by atoms with Gasteiger partial charge in [-0.1, -0.05) is 42.1 Å². The third kappa shape index (κ3) is 4.03. The first-order valence-electron chi connectivity index (χ1n) is 10.0. The molecule has 31 heavy (non-hydrogen) atoms. The fourth-order valence-electron chi connectivity index (χ4n) is 3.45. The molecule has 0 radical (unpaired) electrons. The Morgan fingerprint density at radius 2 is 1.87 bits per heavy atom. The SMILES string of the molecule is CCOC(=O)c1oc2ccccc2c1CSc1nnc(-c2ccccc2OC)n1CC. The van der Waals surface area contributed by atoms with Gasteiger partial charge in [0.1, 0.15) is 11.3 Å². The van der Waals surface area contributed by atoms with Crippen molar-refractivity contribution in [1.82, 2.24) is 14.8 Å². The number of para-hydroxylation sites is 2. The van der Waals surface area contributed by atoms with E-state index in [9.17, 15) is 4.79 Å². The normalized spacial score (nSPS) is 11.1. The van der Waals surface area contributed by atoms with Crippen molar-refractivity contribution in [3.05, 3.63) is 59.9 Å². The Kier molecular flexibility index (Phi) is 6.27. The molecule has 2 aromatic carbocycles. The summed E-state index contributed by atoms with van der Waals surface area (Å²) in [5.74, 6) is 1.76. The number of benzene rings is 2. The summed E-state index contributed by atoms with van der Waals surface area (Å²) in [7, 11) is 1.64. The summed E-state index contributed by atoms with van der Waals surface area (Å²) < 4.78 is 18.5. The first-order chi connectivity index (χ1) is 15.2. The molecule has 0 saturated carbocycles. The second-order valence-corrected chi connectivity index (χ2v) is 7.61. The van der Waals surface area contributed by atoms with Gasteiger partial charge in [0.05, 0.1) is 19.3 Å². The van der Waals surface area contributed by atoms with Crippen molar-refractivity contribution in [2.75, 3.05) is 13.7 Å². The molecule has 0 fully saturated rings. The van der Waals surface area contributed by atoms with Gasteiger partial charge in [0, 0.05) is 23.2 Å². The highest BCUT2D eigenvalue weighted by molar-refractivity contribution is 7.98. The second kappa shape index (κ2) is 9.26. The molecule has 4 rings (SSSR count). The van der Waals surface area contributed by atoms with Gasteiger partial charge in [-0.25, -0.2) is 4.79 Å². The first kappa shape index (κ1) is 21.0. The van der Waals surface area contributed by atoms with Crippen LogP contribution in [0.2, 0.25) is 0 Å². The quantitative estimate of drug-likeness (QED) is 0.277. The second-order valence-electron chi connectivity index (χ2n) is 6.67. The molecule has 0 unspecified atom stereocenters. The van der Waals surface area contributed by atoms with E-state index >= 15 is 0 Å². The van der Waals surface area contributed by atoms with Gasteiger partial charge in [-0.15, -0.1) is 10.2 Å². The maximum absolute atomic E-state index is 12.5. The van der Waals surface area contributed by atoms with Crippen LogP contribution in [-0.4, -0.2) is 34.5 Å². The maximum atomic E-state index is 12.5. The number of furan rings is 1. The molecule has 0 saturated heterocycles. The number of ether oxygens (including phenoxy) is 2. The minimum Gasteiger partial charge on any atom is -0.496 e. The van der Waals surface area contributed by atoms with Crippen LogP contribution < -0.4 is 4.74 Å². The molecule has 0 N–H and O–H groups in total. The number of nitrogens with zero attached hydrogens (tertiary/aromatic N) is 3. The van der Waals surface area contributed by atoms with E-state index in [0.29, 0.717) is 17.9 Å². The van der Waals surface area contributed by atoms with Crippen molar-refractivity contribution in [3.63, 3.8) is 0 Å². The smallest absolute Gasteiger partial charge is 0.374 e. The van der Waals surface area contributed by atoms with E-state index in [2.05, 4.69) is 10.2 Å². The molecule has 0 aliphatic heterocycles. The Morgan fingerprint density at radius 1 is 1.10 bits per heavy atom. The van der Waals surface area contributed by atoms with Gasteiger partial charge in [-0.3, -0.25) is 0 Å². The topological polar surface area (TPSA) is 79.4 Å². The number of carbonyl (C=O) groups excluding carboxylic acids is 1. The zero-order chi connectivity index (χ0) is 21.8. The lowest BCUT2D eigenvalue weighted by Gasteiger charge is -2.10. The van der Waals surface area contributed by atoms with Gasteiger partial charge in [-0.05, 0) is 32.0 Å². The molecule has 160 valence electrons. The van der Waals surface area contributed by atoms with E-state index in [-0.39, 0.29) is 12.4 Å². The van der Waals surface area contributed by atoms with Crippen LogP contribution in [0.4, 0.5) is 0 Å². The van der Waals surface area contributed by atoms with Crippen molar-refractivity contribution < 1.29 is 18.7 Å². The van der Waals surface area contributed by atoms with Gasteiger partial charge in [0.15, 0.2) is 11.0 Å². The van der Waals surface area contributed by atoms with Crippen molar-refractivity contribution in [3.8, 4) is 17.1 Å². The largest absolute Gasteiger partial charge is 0.496 e. The molecule has 4 aromatic rings. The van der Waals surface area contributed by atoms with E-state index < -0.39 is 5.97 Å². The number of hydrogen-bond acceptors (Lipinski definition) is 7. The van der Waals surface area contributed by atoms with Gasteiger partial charge in [0.25, 0.3) is 0 Å². The van der Waals surface area contributed by atoms with Crippen LogP contribution in [0.15, 0.2) is 58.1 Å². The zero-order valence-electron chi connectivity index (χ0n) is 17.6.